The minimum absolute atomic E-state index is 0. The Morgan fingerprint density at radius 1 is 0.667 bits per heavy atom. The van der Waals surface area contributed by atoms with E-state index < -0.39 is 15.4 Å². The summed E-state index contributed by atoms with van der Waals surface area (Å²) in [7, 11) is -4.14. The van der Waals surface area contributed by atoms with E-state index in [1.807, 2.05) is 6.92 Å². The van der Waals surface area contributed by atoms with Gasteiger partial charge in [0.2, 0.25) is 0 Å². The van der Waals surface area contributed by atoms with Crippen LogP contribution in [0.2, 0.25) is 0 Å². The SMILES string of the molecule is CCCCCCCCCC(O)CCCCCCCC(CCC)S(=O)(=O)[O-].[Na+]. The Bertz CT molecular complexity index is 401. The Morgan fingerprint density at radius 3 is 1.48 bits per heavy atom. The molecule has 0 aliphatic heterocycles. The van der Waals surface area contributed by atoms with Gasteiger partial charge in [-0.3, -0.25) is 0 Å². The normalized spacial score (nSPS) is 13.9. The molecule has 0 aromatic rings. The first-order valence-electron chi connectivity index (χ1n) is 11.0. The number of rotatable bonds is 19. The average molecular weight is 415 g/mol. The molecular weight excluding hydrogens is 371 g/mol. The summed E-state index contributed by atoms with van der Waals surface area (Å²) in [5.74, 6) is 0. The van der Waals surface area contributed by atoms with E-state index >= 15 is 0 Å². The molecule has 1 N–H and O–H groups in total. The Labute approximate surface area is 191 Å². The molecule has 0 heterocycles. The van der Waals surface area contributed by atoms with E-state index in [9.17, 15) is 18.1 Å². The van der Waals surface area contributed by atoms with Crippen LogP contribution < -0.4 is 29.6 Å². The van der Waals surface area contributed by atoms with Crippen LogP contribution in [-0.2, 0) is 10.1 Å². The number of unbranched alkanes of at least 4 members (excludes halogenated alkanes) is 10. The van der Waals surface area contributed by atoms with E-state index in [4.69, 9.17) is 0 Å². The van der Waals surface area contributed by atoms with Crippen molar-refractivity contribution < 1.29 is 47.6 Å². The summed E-state index contributed by atoms with van der Waals surface area (Å²) in [4.78, 5) is 0. The van der Waals surface area contributed by atoms with Crippen LogP contribution in [0.15, 0.2) is 0 Å². The van der Waals surface area contributed by atoms with Crippen LogP contribution in [0.1, 0.15) is 123 Å². The van der Waals surface area contributed by atoms with Crippen molar-refractivity contribution in [3.8, 4) is 0 Å². The smallest absolute Gasteiger partial charge is 0.748 e. The largest absolute Gasteiger partial charge is 1.00 e. The molecule has 0 saturated heterocycles. The van der Waals surface area contributed by atoms with Crippen LogP contribution in [0.5, 0.6) is 0 Å². The molecule has 0 aliphatic rings. The number of hydrogen-bond donors (Lipinski definition) is 1. The molecule has 6 heteroatoms. The zero-order chi connectivity index (χ0) is 19.7. The van der Waals surface area contributed by atoms with Crippen molar-refractivity contribution in [1.29, 1.82) is 0 Å². The number of aliphatic hydroxyl groups excluding tert-OH is 1. The molecule has 2 atom stereocenters. The van der Waals surface area contributed by atoms with Gasteiger partial charge in [-0.25, -0.2) is 8.42 Å². The minimum atomic E-state index is -4.14. The first-order chi connectivity index (χ1) is 12.4. The van der Waals surface area contributed by atoms with Crippen LogP contribution in [-0.4, -0.2) is 29.4 Å². The van der Waals surface area contributed by atoms with Crippen molar-refractivity contribution in [2.75, 3.05) is 0 Å². The monoisotopic (exact) mass is 414 g/mol. The van der Waals surface area contributed by atoms with Crippen LogP contribution in [0.25, 0.3) is 0 Å². The van der Waals surface area contributed by atoms with Crippen molar-refractivity contribution in [1.82, 2.24) is 0 Å². The Balaban J connectivity index is 0. The van der Waals surface area contributed by atoms with E-state index in [2.05, 4.69) is 6.92 Å². The third kappa shape index (κ3) is 19.9. The van der Waals surface area contributed by atoms with Gasteiger partial charge in [0.1, 0.15) is 0 Å². The molecule has 0 amide bonds. The summed E-state index contributed by atoms with van der Waals surface area (Å²) in [6, 6.07) is 0. The van der Waals surface area contributed by atoms with Gasteiger partial charge < -0.3 is 9.66 Å². The molecule has 0 bridgehead atoms. The van der Waals surface area contributed by atoms with Gasteiger partial charge in [0, 0.05) is 5.25 Å². The Kier molecular flexibility index (Phi) is 22.4. The Morgan fingerprint density at radius 2 is 1.07 bits per heavy atom. The second-order valence-electron chi connectivity index (χ2n) is 7.81. The molecule has 27 heavy (non-hydrogen) atoms. The summed E-state index contributed by atoms with van der Waals surface area (Å²) >= 11 is 0. The standard InChI is InChI=1S/C21H44O4S.Na/c1-3-5-6-7-8-10-13-17-20(22)18-14-11-9-12-15-19-21(16-4-2)26(23,24)25;/h20-22H,3-19H2,1-2H3,(H,23,24,25);/q;+1/p-1. The molecular formula is C21H43NaO4S. The van der Waals surface area contributed by atoms with E-state index in [0.29, 0.717) is 12.8 Å². The maximum Gasteiger partial charge on any atom is 1.00 e. The molecule has 0 fully saturated rings. The molecule has 0 spiro atoms. The van der Waals surface area contributed by atoms with Gasteiger partial charge in [-0.1, -0.05) is 97.3 Å². The maximum atomic E-state index is 11.2. The molecule has 0 saturated carbocycles. The molecule has 0 aromatic heterocycles. The van der Waals surface area contributed by atoms with Gasteiger partial charge in [0.15, 0.2) is 0 Å². The molecule has 0 radical (unpaired) electrons. The molecule has 0 aliphatic carbocycles. The maximum absolute atomic E-state index is 11.2. The van der Waals surface area contributed by atoms with Crippen molar-refractivity contribution >= 4 is 10.1 Å². The predicted octanol–water partition coefficient (Wildman–Crippen LogP) is 2.94. The van der Waals surface area contributed by atoms with Crippen molar-refractivity contribution in [2.24, 2.45) is 0 Å². The fourth-order valence-electron chi connectivity index (χ4n) is 3.52. The first-order valence-corrected chi connectivity index (χ1v) is 12.5. The fraction of sp³-hybridized carbons (Fsp3) is 1.00. The minimum Gasteiger partial charge on any atom is -0.748 e. The summed E-state index contributed by atoms with van der Waals surface area (Å²) in [5, 5.41) is 9.31. The van der Waals surface area contributed by atoms with Gasteiger partial charge in [0.05, 0.1) is 16.2 Å². The summed E-state index contributed by atoms with van der Waals surface area (Å²) < 4.78 is 33.5. The van der Waals surface area contributed by atoms with E-state index in [1.165, 1.54) is 38.5 Å². The molecule has 0 aromatic carbocycles. The first kappa shape index (κ1) is 30.1. The summed E-state index contributed by atoms with van der Waals surface area (Å²) in [6.45, 7) is 4.15. The third-order valence-corrected chi connectivity index (χ3v) is 6.51. The molecule has 2 unspecified atom stereocenters. The number of hydrogen-bond acceptors (Lipinski definition) is 4. The van der Waals surface area contributed by atoms with Crippen LogP contribution >= 0.6 is 0 Å². The number of aliphatic hydroxyl groups is 1. The fourth-order valence-corrected chi connectivity index (χ4v) is 4.50. The second kappa shape index (κ2) is 20.2. The summed E-state index contributed by atoms with van der Waals surface area (Å²) in [5.41, 5.74) is 0. The van der Waals surface area contributed by atoms with Gasteiger partial charge in [-0.05, 0) is 25.7 Å². The third-order valence-electron chi connectivity index (χ3n) is 5.22. The Hall–Kier alpha value is 0.870. The molecule has 4 nitrogen and oxygen atoms in total. The van der Waals surface area contributed by atoms with Gasteiger partial charge in [0.25, 0.3) is 0 Å². The zero-order valence-electron chi connectivity index (χ0n) is 18.3. The second-order valence-corrected chi connectivity index (χ2v) is 9.46. The quantitative estimate of drug-likeness (QED) is 0.200. The topological polar surface area (TPSA) is 77.4 Å². The van der Waals surface area contributed by atoms with E-state index in [-0.39, 0.29) is 35.7 Å². The van der Waals surface area contributed by atoms with Crippen molar-refractivity contribution in [2.45, 2.75) is 134 Å². The summed E-state index contributed by atoms with van der Waals surface area (Å²) in [6.07, 6.45) is 17.3. The van der Waals surface area contributed by atoms with Crippen LogP contribution in [0.3, 0.4) is 0 Å². The van der Waals surface area contributed by atoms with E-state index in [0.717, 1.165) is 57.8 Å². The van der Waals surface area contributed by atoms with Crippen LogP contribution in [0.4, 0.5) is 0 Å². The average Bonchev–Trinajstić information content (AvgIpc) is 2.58. The van der Waals surface area contributed by atoms with Gasteiger partial charge in [-0.2, -0.15) is 0 Å². The zero-order valence-corrected chi connectivity index (χ0v) is 21.1. The molecule has 158 valence electrons. The van der Waals surface area contributed by atoms with E-state index in [1.54, 1.807) is 0 Å². The van der Waals surface area contributed by atoms with Crippen molar-refractivity contribution in [3.63, 3.8) is 0 Å². The predicted molar refractivity (Wildman–Crippen MR) is 109 cm³/mol. The van der Waals surface area contributed by atoms with Gasteiger partial charge >= 0.3 is 29.6 Å². The van der Waals surface area contributed by atoms with Crippen LogP contribution in [0, 0.1) is 0 Å². The van der Waals surface area contributed by atoms with Crippen molar-refractivity contribution in [3.05, 3.63) is 0 Å². The van der Waals surface area contributed by atoms with Gasteiger partial charge in [-0.15, -0.1) is 0 Å². The molecule has 0 rings (SSSR count).